The van der Waals surface area contributed by atoms with Crippen LogP contribution in [0.15, 0.2) is 87.9 Å². The molecule has 2 aliphatic rings. The van der Waals surface area contributed by atoms with Crippen LogP contribution in [0.2, 0.25) is 5.02 Å². The molecule has 0 unspecified atom stereocenters. The van der Waals surface area contributed by atoms with Gasteiger partial charge in [0.05, 0.1) is 23.4 Å². The minimum absolute atomic E-state index is 0.138. The van der Waals surface area contributed by atoms with Crippen LogP contribution in [0.3, 0.4) is 0 Å². The molecule has 0 spiro atoms. The number of nitrogens with one attached hydrogen (secondary N) is 1. The molecule has 2 aliphatic heterocycles. The van der Waals surface area contributed by atoms with Crippen LogP contribution in [0.5, 0.6) is 5.75 Å². The largest absolute Gasteiger partial charge is 0.497 e. The lowest BCUT2D eigenvalue weighted by molar-refractivity contribution is -0.113. The van der Waals surface area contributed by atoms with Gasteiger partial charge in [0.15, 0.2) is 5.71 Å². The van der Waals surface area contributed by atoms with Gasteiger partial charge < -0.3 is 10.1 Å². The Kier molecular flexibility index (Phi) is 5.91. The number of ether oxygens (including phenoxy) is 1. The maximum atomic E-state index is 13.3. The highest BCUT2D eigenvalue weighted by Crippen LogP contribution is 2.36. The summed E-state index contributed by atoms with van der Waals surface area (Å²) < 4.78 is 5.20. The second kappa shape index (κ2) is 9.17. The van der Waals surface area contributed by atoms with Crippen molar-refractivity contribution in [3.63, 3.8) is 0 Å². The Labute approximate surface area is 204 Å². The van der Waals surface area contributed by atoms with E-state index in [0.29, 0.717) is 32.0 Å². The molecule has 0 aliphatic carbocycles. The van der Waals surface area contributed by atoms with E-state index in [1.165, 1.54) is 16.7 Å². The van der Waals surface area contributed by atoms with Crippen molar-refractivity contribution < 1.29 is 14.3 Å². The summed E-state index contributed by atoms with van der Waals surface area (Å²) in [5.74, 6) is 0.119. The van der Waals surface area contributed by atoms with Gasteiger partial charge in [0.25, 0.3) is 11.8 Å². The van der Waals surface area contributed by atoms with Crippen molar-refractivity contribution in [1.29, 1.82) is 0 Å². The van der Waals surface area contributed by atoms with E-state index in [9.17, 15) is 9.59 Å². The maximum absolute atomic E-state index is 13.3. The number of carbonyl (C=O) groups is 2. The van der Waals surface area contributed by atoms with E-state index in [4.69, 9.17) is 16.3 Å². The Morgan fingerprint density at radius 1 is 1.00 bits per heavy atom. The average molecular weight is 489 g/mol. The number of anilines is 2. The minimum atomic E-state index is -0.379. The number of nitrogens with zero attached hydrogens (tertiary/aromatic N) is 3. The molecule has 168 valence electrons. The highest BCUT2D eigenvalue weighted by molar-refractivity contribution is 8.19. The lowest BCUT2D eigenvalue weighted by Crippen LogP contribution is -2.28. The summed E-state index contributed by atoms with van der Waals surface area (Å²) >= 11 is 7.29. The standard InChI is InChI=1S/C25H17ClN4O3S/c1-33-18-10-7-15(8-11-18)13-21-24(32)30(17-5-3-2-4-6-17)25(34-21)29-28-22-19-14-16(26)9-12-20(19)27-23(22)31/h2-14H,1H3,(H,27,28,31). The first kappa shape index (κ1) is 21.9. The van der Waals surface area contributed by atoms with Crippen molar-refractivity contribution in [2.75, 3.05) is 17.3 Å². The van der Waals surface area contributed by atoms with Crippen molar-refractivity contribution >= 4 is 63.5 Å². The number of hydrogen-bond donors (Lipinski definition) is 1. The molecule has 0 bridgehead atoms. The molecule has 0 aromatic heterocycles. The van der Waals surface area contributed by atoms with Gasteiger partial charge in [0.1, 0.15) is 5.75 Å². The predicted octanol–water partition coefficient (Wildman–Crippen LogP) is 5.18. The quantitative estimate of drug-likeness (QED) is 0.405. The highest BCUT2D eigenvalue weighted by atomic mass is 35.5. The Balaban J connectivity index is 1.54. The fourth-order valence-electron chi connectivity index (χ4n) is 3.51. The van der Waals surface area contributed by atoms with Gasteiger partial charge in [-0.05, 0) is 65.9 Å². The predicted molar refractivity (Wildman–Crippen MR) is 137 cm³/mol. The number of para-hydroxylation sites is 1. The monoisotopic (exact) mass is 488 g/mol. The van der Waals surface area contributed by atoms with E-state index in [2.05, 4.69) is 15.5 Å². The summed E-state index contributed by atoms with van der Waals surface area (Å²) in [5, 5.41) is 12.1. The van der Waals surface area contributed by atoms with Gasteiger partial charge in [0, 0.05) is 10.6 Å². The molecule has 9 heteroatoms. The number of amidine groups is 1. The third-order valence-corrected chi connectivity index (χ3v) is 6.36. The summed E-state index contributed by atoms with van der Waals surface area (Å²) in [4.78, 5) is 27.8. The molecule has 0 radical (unpaired) electrons. The second-order valence-corrected chi connectivity index (χ2v) is 8.78. The third kappa shape index (κ3) is 4.21. The summed E-state index contributed by atoms with van der Waals surface area (Å²) in [7, 11) is 1.60. The molecule has 1 fully saturated rings. The number of halogens is 1. The zero-order valence-corrected chi connectivity index (χ0v) is 19.4. The van der Waals surface area contributed by atoms with Gasteiger partial charge in [-0.2, -0.15) is 0 Å². The highest BCUT2D eigenvalue weighted by Gasteiger charge is 2.35. The maximum Gasteiger partial charge on any atom is 0.276 e. The number of carbonyl (C=O) groups excluding carboxylic acids is 2. The number of rotatable bonds is 4. The molecule has 1 N–H and O–H groups in total. The van der Waals surface area contributed by atoms with Gasteiger partial charge in [-0.1, -0.05) is 41.9 Å². The molecule has 3 aromatic carbocycles. The van der Waals surface area contributed by atoms with E-state index >= 15 is 0 Å². The molecule has 2 amide bonds. The van der Waals surface area contributed by atoms with Crippen molar-refractivity contribution in [3.8, 4) is 5.75 Å². The Morgan fingerprint density at radius 2 is 1.76 bits per heavy atom. The van der Waals surface area contributed by atoms with Gasteiger partial charge in [-0.25, -0.2) is 0 Å². The van der Waals surface area contributed by atoms with Crippen LogP contribution in [0.25, 0.3) is 6.08 Å². The summed E-state index contributed by atoms with van der Waals surface area (Å²) in [6, 6.07) is 21.6. The first-order chi connectivity index (χ1) is 16.5. The van der Waals surface area contributed by atoms with E-state index in [1.54, 1.807) is 31.4 Å². The molecule has 2 heterocycles. The van der Waals surface area contributed by atoms with Gasteiger partial charge >= 0.3 is 0 Å². The Hall–Kier alpha value is -3.88. The number of benzene rings is 3. The van der Waals surface area contributed by atoms with Crippen molar-refractivity contribution in [2.24, 2.45) is 10.2 Å². The molecule has 5 rings (SSSR count). The van der Waals surface area contributed by atoms with Gasteiger partial charge in [-0.3, -0.25) is 14.5 Å². The molecular formula is C25H17ClN4O3S. The van der Waals surface area contributed by atoms with E-state index in [-0.39, 0.29) is 17.5 Å². The van der Waals surface area contributed by atoms with E-state index < -0.39 is 0 Å². The molecule has 7 nitrogen and oxygen atoms in total. The van der Waals surface area contributed by atoms with Crippen molar-refractivity contribution in [2.45, 2.75) is 0 Å². The van der Waals surface area contributed by atoms with Crippen LogP contribution in [0, 0.1) is 0 Å². The summed E-state index contributed by atoms with van der Waals surface area (Å²) in [6.07, 6.45) is 1.79. The lowest BCUT2D eigenvalue weighted by atomic mass is 10.1. The minimum Gasteiger partial charge on any atom is -0.497 e. The smallest absolute Gasteiger partial charge is 0.276 e. The van der Waals surface area contributed by atoms with E-state index in [0.717, 1.165) is 11.3 Å². The normalized spacial score (nSPS) is 18.6. The summed E-state index contributed by atoms with van der Waals surface area (Å²) in [5.41, 5.74) is 2.81. The SMILES string of the molecule is COc1ccc(C=C2SC(=NN=C3C(=O)Nc4ccc(Cl)cc43)N(c3ccccc3)C2=O)cc1. The fraction of sp³-hybridized carbons (Fsp3) is 0.0400. The lowest BCUT2D eigenvalue weighted by Gasteiger charge is -2.14. The van der Waals surface area contributed by atoms with Crippen LogP contribution < -0.4 is 15.0 Å². The zero-order valence-electron chi connectivity index (χ0n) is 17.9. The number of methoxy groups -OCH3 is 1. The topological polar surface area (TPSA) is 83.4 Å². The Bertz CT molecular complexity index is 1390. The molecule has 3 aromatic rings. The van der Waals surface area contributed by atoms with Crippen LogP contribution in [0.1, 0.15) is 11.1 Å². The van der Waals surface area contributed by atoms with Gasteiger partial charge in [0.2, 0.25) is 5.17 Å². The first-order valence-electron chi connectivity index (χ1n) is 10.2. The van der Waals surface area contributed by atoms with Crippen LogP contribution in [-0.4, -0.2) is 29.8 Å². The van der Waals surface area contributed by atoms with Crippen molar-refractivity contribution in [1.82, 2.24) is 0 Å². The number of fused-ring (bicyclic) bond motifs is 1. The molecule has 0 saturated carbocycles. The average Bonchev–Trinajstić information content (AvgIpc) is 3.33. The summed E-state index contributed by atoms with van der Waals surface area (Å²) in [6.45, 7) is 0. The number of hydrogen-bond acceptors (Lipinski definition) is 6. The number of amides is 2. The van der Waals surface area contributed by atoms with Crippen LogP contribution in [0.4, 0.5) is 11.4 Å². The van der Waals surface area contributed by atoms with Crippen molar-refractivity contribution in [3.05, 3.63) is 93.9 Å². The fourth-order valence-corrected chi connectivity index (χ4v) is 4.62. The molecule has 1 saturated heterocycles. The Morgan fingerprint density at radius 3 is 2.50 bits per heavy atom. The number of thioether (sulfide) groups is 1. The van der Waals surface area contributed by atoms with E-state index in [1.807, 2.05) is 54.6 Å². The van der Waals surface area contributed by atoms with Crippen LogP contribution in [-0.2, 0) is 9.59 Å². The zero-order chi connectivity index (χ0) is 23.7. The molecular weight excluding hydrogens is 472 g/mol. The molecule has 0 atom stereocenters. The second-order valence-electron chi connectivity index (χ2n) is 7.34. The third-order valence-electron chi connectivity index (χ3n) is 5.17. The first-order valence-corrected chi connectivity index (χ1v) is 11.4. The molecule has 34 heavy (non-hydrogen) atoms. The van der Waals surface area contributed by atoms with Gasteiger partial charge in [-0.15, -0.1) is 10.2 Å². The van der Waals surface area contributed by atoms with Crippen LogP contribution >= 0.6 is 23.4 Å².